The van der Waals surface area contributed by atoms with Crippen LogP contribution in [-0.2, 0) is 0 Å². The third-order valence-electron chi connectivity index (χ3n) is 4.01. The quantitative estimate of drug-likeness (QED) is 0.871. The Labute approximate surface area is 127 Å². The first-order valence-electron chi connectivity index (χ1n) is 7.55. The van der Waals surface area contributed by atoms with Gasteiger partial charge in [0.15, 0.2) is 0 Å². The van der Waals surface area contributed by atoms with Crippen molar-refractivity contribution in [1.82, 2.24) is 15.5 Å². The Morgan fingerprint density at radius 3 is 2.76 bits per heavy atom. The minimum atomic E-state index is -4.08. The van der Waals surface area contributed by atoms with E-state index in [1.807, 2.05) is 6.92 Å². The van der Waals surface area contributed by atoms with Crippen LogP contribution in [0.1, 0.15) is 67.9 Å². The van der Waals surface area contributed by atoms with Crippen molar-refractivity contribution in [3.05, 3.63) is 10.0 Å². The van der Waals surface area contributed by atoms with E-state index >= 15 is 0 Å². The Bertz CT molecular complexity index is 447. The van der Waals surface area contributed by atoms with Gasteiger partial charge in [-0.2, -0.15) is 13.2 Å². The number of nitrogens with one attached hydrogen (secondary N) is 1. The van der Waals surface area contributed by atoms with Crippen LogP contribution in [0.3, 0.4) is 0 Å². The van der Waals surface area contributed by atoms with Crippen molar-refractivity contribution in [1.29, 1.82) is 0 Å². The highest BCUT2D eigenvalue weighted by Crippen LogP contribution is 2.44. The van der Waals surface area contributed by atoms with Gasteiger partial charge in [-0.1, -0.05) is 24.7 Å². The zero-order chi connectivity index (χ0) is 15.5. The van der Waals surface area contributed by atoms with E-state index in [2.05, 4.69) is 22.4 Å². The van der Waals surface area contributed by atoms with E-state index in [9.17, 15) is 13.2 Å². The van der Waals surface area contributed by atoms with Crippen LogP contribution in [0.4, 0.5) is 13.2 Å². The molecule has 1 fully saturated rings. The van der Waals surface area contributed by atoms with Crippen LogP contribution in [0.15, 0.2) is 0 Å². The summed E-state index contributed by atoms with van der Waals surface area (Å²) in [5, 5.41) is 13.3. The lowest BCUT2D eigenvalue weighted by Crippen LogP contribution is -2.28. The molecule has 1 aromatic rings. The molecule has 120 valence electrons. The number of hydrogen-bond donors (Lipinski definition) is 1. The fourth-order valence-corrected chi connectivity index (χ4v) is 3.76. The predicted molar refractivity (Wildman–Crippen MR) is 77.4 cm³/mol. The van der Waals surface area contributed by atoms with E-state index in [1.165, 1.54) is 11.3 Å². The van der Waals surface area contributed by atoms with Gasteiger partial charge in [0, 0.05) is 5.92 Å². The van der Waals surface area contributed by atoms with Gasteiger partial charge < -0.3 is 5.32 Å². The molecule has 0 spiro atoms. The average Bonchev–Trinajstić information content (AvgIpc) is 2.94. The van der Waals surface area contributed by atoms with Crippen LogP contribution in [0, 0.1) is 5.92 Å². The summed E-state index contributed by atoms with van der Waals surface area (Å²) in [5.74, 6) is -1.27. The molecule has 1 saturated carbocycles. The average molecular weight is 321 g/mol. The first-order chi connectivity index (χ1) is 9.91. The van der Waals surface area contributed by atoms with E-state index in [1.54, 1.807) is 0 Å². The summed E-state index contributed by atoms with van der Waals surface area (Å²) in [6, 6.07) is 0.109. The summed E-state index contributed by atoms with van der Waals surface area (Å²) in [7, 11) is 0. The topological polar surface area (TPSA) is 37.8 Å². The largest absolute Gasteiger partial charge is 0.391 e. The van der Waals surface area contributed by atoms with Gasteiger partial charge in [-0.15, -0.1) is 10.2 Å². The van der Waals surface area contributed by atoms with Crippen molar-refractivity contribution in [3.63, 3.8) is 0 Å². The molecule has 1 N–H and O–H groups in total. The second kappa shape index (κ2) is 7.05. The van der Waals surface area contributed by atoms with Crippen molar-refractivity contribution in [3.8, 4) is 0 Å². The van der Waals surface area contributed by atoms with Crippen molar-refractivity contribution in [2.75, 3.05) is 6.54 Å². The van der Waals surface area contributed by atoms with Gasteiger partial charge in [-0.25, -0.2) is 0 Å². The van der Waals surface area contributed by atoms with E-state index < -0.39 is 12.1 Å². The maximum absolute atomic E-state index is 12.9. The lowest BCUT2D eigenvalue weighted by atomic mass is 9.81. The number of rotatable bonds is 5. The number of nitrogens with zero attached hydrogens (tertiary/aromatic N) is 2. The summed E-state index contributed by atoms with van der Waals surface area (Å²) in [5.41, 5.74) is 0. The van der Waals surface area contributed by atoms with Crippen molar-refractivity contribution in [2.24, 2.45) is 5.92 Å². The third kappa shape index (κ3) is 4.39. The number of aromatic nitrogens is 2. The highest BCUT2D eigenvalue weighted by atomic mass is 32.1. The Hall–Kier alpha value is -0.690. The van der Waals surface area contributed by atoms with Gasteiger partial charge in [0.2, 0.25) is 0 Å². The van der Waals surface area contributed by atoms with E-state index in [4.69, 9.17) is 0 Å². The second-order valence-corrected chi connectivity index (χ2v) is 6.80. The summed E-state index contributed by atoms with van der Waals surface area (Å²) in [4.78, 5) is 0. The summed E-state index contributed by atoms with van der Waals surface area (Å²) < 4.78 is 38.6. The smallest absolute Gasteiger partial charge is 0.308 e. The molecule has 1 heterocycles. The Balaban J connectivity index is 2.00. The van der Waals surface area contributed by atoms with Gasteiger partial charge in [0.25, 0.3) is 0 Å². The van der Waals surface area contributed by atoms with Crippen LogP contribution in [-0.4, -0.2) is 22.9 Å². The molecule has 0 saturated heterocycles. The molecule has 21 heavy (non-hydrogen) atoms. The molecule has 3 nitrogen and oxygen atoms in total. The monoisotopic (exact) mass is 321 g/mol. The molecular weight excluding hydrogens is 299 g/mol. The highest BCUT2D eigenvalue weighted by Gasteiger charge is 2.43. The molecule has 2 rings (SSSR count). The molecular formula is C14H22F3N3S. The number of alkyl halides is 3. The lowest BCUT2D eigenvalue weighted by molar-refractivity contribution is -0.183. The molecule has 0 aliphatic heterocycles. The zero-order valence-electron chi connectivity index (χ0n) is 12.4. The molecule has 1 aromatic heterocycles. The minimum Gasteiger partial charge on any atom is -0.308 e. The van der Waals surface area contributed by atoms with Crippen LogP contribution in [0.5, 0.6) is 0 Å². The second-order valence-electron chi connectivity index (χ2n) is 5.76. The maximum Gasteiger partial charge on any atom is 0.391 e. The van der Waals surface area contributed by atoms with E-state index in [0.29, 0.717) is 6.42 Å². The van der Waals surface area contributed by atoms with Gasteiger partial charge in [0.05, 0.1) is 12.0 Å². The maximum atomic E-state index is 12.9. The third-order valence-corrected chi connectivity index (χ3v) is 5.28. The van der Waals surface area contributed by atoms with Crippen molar-refractivity contribution in [2.45, 2.75) is 64.1 Å². The minimum absolute atomic E-state index is 0.0880. The molecule has 0 bridgehead atoms. The fraction of sp³-hybridized carbons (Fsp3) is 0.857. The van der Waals surface area contributed by atoms with Crippen LogP contribution >= 0.6 is 11.3 Å². The molecule has 0 amide bonds. The van der Waals surface area contributed by atoms with E-state index in [-0.39, 0.29) is 24.8 Å². The van der Waals surface area contributed by atoms with Crippen molar-refractivity contribution < 1.29 is 13.2 Å². The summed E-state index contributed by atoms with van der Waals surface area (Å²) in [6.45, 7) is 5.00. The molecule has 0 radical (unpaired) electrons. The fourth-order valence-electron chi connectivity index (χ4n) is 2.75. The van der Waals surface area contributed by atoms with Gasteiger partial charge in [-0.05, 0) is 39.2 Å². The molecule has 1 aliphatic carbocycles. The first-order valence-corrected chi connectivity index (χ1v) is 8.36. The Kier molecular flexibility index (Phi) is 5.60. The Morgan fingerprint density at radius 1 is 1.33 bits per heavy atom. The molecule has 3 atom stereocenters. The first kappa shape index (κ1) is 16.7. The molecule has 1 aliphatic rings. The lowest BCUT2D eigenvalue weighted by Gasteiger charge is -2.29. The molecule has 3 unspecified atom stereocenters. The van der Waals surface area contributed by atoms with Gasteiger partial charge in [-0.3, -0.25) is 0 Å². The molecule has 0 aromatic carbocycles. The number of hydrogen-bond acceptors (Lipinski definition) is 4. The predicted octanol–water partition coefficient (Wildman–Crippen LogP) is 4.43. The van der Waals surface area contributed by atoms with Gasteiger partial charge in [0.1, 0.15) is 10.0 Å². The zero-order valence-corrected chi connectivity index (χ0v) is 13.2. The Morgan fingerprint density at radius 2 is 2.10 bits per heavy atom. The van der Waals surface area contributed by atoms with Gasteiger partial charge >= 0.3 is 6.18 Å². The molecule has 7 heteroatoms. The normalized spacial score (nSPS) is 25.0. The summed E-state index contributed by atoms with van der Waals surface area (Å²) >= 11 is 1.46. The number of halogens is 3. The SMILES string of the molecule is CCCNC(C)c1nnc(C2CCCC(C(F)(F)F)C2)s1. The highest BCUT2D eigenvalue weighted by molar-refractivity contribution is 7.11. The van der Waals surface area contributed by atoms with E-state index in [0.717, 1.165) is 29.4 Å². The van der Waals surface area contributed by atoms with Crippen LogP contribution in [0.25, 0.3) is 0 Å². The van der Waals surface area contributed by atoms with Crippen LogP contribution < -0.4 is 5.32 Å². The standard InChI is InChI=1S/C14H22F3N3S/c1-3-7-18-9(2)12-19-20-13(21-12)10-5-4-6-11(8-10)14(15,16)17/h9-11,18H,3-8H2,1-2H3. The van der Waals surface area contributed by atoms with Crippen molar-refractivity contribution >= 4 is 11.3 Å². The van der Waals surface area contributed by atoms with Crippen LogP contribution in [0.2, 0.25) is 0 Å². The summed E-state index contributed by atoms with van der Waals surface area (Å²) in [6.07, 6.45) is -1.23.